The van der Waals surface area contributed by atoms with Gasteiger partial charge in [0.1, 0.15) is 11.6 Å². The van der Waals surface area contributed by atoms with Crippen molar-refractivity contribution in [3.05, 3.63) is 72.6 Å². The largest absolute Gasteiger partial charge is 0.342 e. The van der Waals surface area contributed by atoms with Gasteiger partial charge in [0.2, 0.25) is 11.1 Å². The lowest BCUT2D eigenvalue weighted by molar-refractivity contribution is -0.130. The molecule has 3 aromatic rings. The fourth-order valence-corrected chi connectivity index (χ4v) is 3.70. The number of amides is 1. The summed E-state index contributed by atoms with van der Waals surface area (Å²) in [5.41, 5.74) is 1.91. The Bertz CT molecular complexity index is 831. The molecule has 0 fully saturated rings. The van der Waals surface area contributed by atoms with Crippen molar-refractivity contribution in [2.45, 2.75) is 24.3 Å². The quantitative estimate of drug-likeness (QED) is 0.594. The van der Waals surface area contributed by atoms with Gasteiger partial charge in [-0.2, -0.15) is 0 Å². The van der Waals surface area contributed by atoms with Crippen molar-refractivity contribution >= 4 is 17.7 Å². The van der Waals surface area contributed by atoms with E-state index in [1.165, 1.54) is 11.8 Å². The van der Waals surface area contributed by atoms with Crippen LogP contribution in [0.2, 0.25) is 0 Å². The lowest BCUT2D eigenvalue weighted by Crippen LogP contribution is -2.33. The average molecular weight is 366 g/mol. The first-order valence-electron chi connectivity index (χ1n) is 8.70. The molecule has 0 aliphatic rings. The van der Waals surface area contributed by atoms with Crippen molar-refractivity contribution in [3.63, 3.8) is 0 Å². The summed E-state index contributed by atoms with van der Waals surface area (Å²) >= 11 is 1.39. The predicted molar refractivity (Wildman–Crippen MR) is 104 cm³/mol. The summed E-state index contributed by atoms with van der Waals surface area (Å²) in [5, 5.41) is 4.76. The molecule has 0 aliphatic carbocycles. The lowest BCUT2D eigenvalue weighted by atomic mass is 10.1. The number of hydrogen-bond donors (Lipinski definition) is 0. The second-order valence-corrected chi connectivity index (χ2v) is 6.80. The number of hydrogen-bond acceptors (Lipinski definition) is 4. The highest BCUT2D eigenvalue weighted by atomic mass is 32.2. The summed E-state index contributed by atoms with van der Waals surface area (Å²) in [6, 6.07) is 19.6. The highest BCUT2D eigenvalue weighted by Crippen LogP contribution is 2.35. The monoisotopic (exact) mass is 366 g/mol. The Morgan fingerprint density at radius 1 is 1.04 bits per heavy atom. The maximum absolute atomic E-state index is 13.0. The topological polar surface area (TPSA) is 51.0 Å². The van der Waals surface area contributed by atoms with Crippen molar-refractivity contribution in [1.29, 1.82) is 0 Å². The van der Waals surface area contributed by atoms with Crippen LogP contribution in [0.4, 0.5) is 0 Å². The highest BCUT2D eigenvalue weighted by molar-refractivity contribution is 8.00. The van der Waals surface area contributed by atoms with Gasteiger partial charge in [0.05, 0.1) is 5.69 Å². The molecule has 134 valence electrons. The Morgan fingerprint density at radius 2 is 1.65 bits per heavy atom. The van der Waals surface area contributed by atoms with E-state index < -0.39 is 0 Å². The summed E-state index contributed by atoms with van der Waals surface area (Å²) in [6.45, 7) is 5.36. The molecule has 2 aromatic carbocycles. The summed E-state index contributed by atoms with van der Waals surface area (Å²) in [5.74, 6) is 0.0854. The maximum Gasteiger partial charge on any atom is 0.240 e. The van der Waals surface area contributed by atoms with Gasteiger partial charge in [-0.15, -0.1) is 5.10 Å². The Hall–Kier alpha value is -2.60. The second kappa shape index (κ2) is 8.67. The van der Waals surface area contributed by atoms with Gasteiger partial charge in [-0.1, -0.05) is 60.3 Å². The molecular weight excluding hydrogens is 344 g/mol. The molecule has 3 rings (SSSR count). The lowest BCUT2D eigenvalue weighted by Gasteiger charge is -2.24. The Balaban J connectivity index is 1.87. The maximum atomic E-state index is 13.0. The van der Waals surface area contributed by atoms with E-state index in [-0.39, 0.29) is 11.2 Å². The average Bonchev–Trinajstić information content (AvgIpc) is 3.17. The smallest absolute Gasteiger partial charge is 0.240 e. The van der Waals surface area contributed by atoms with Gasteiger partial charge < -0.3 is 4.90 Å². The summed E-state index contributed by atoms with van der Waals surface area (Å²) in [4.78, 5) is 19.3. The fraction of sp³-hybridized carbons (Fsp3) is 0.250. The molecular formula is C20H22N4OS. The molecule has 0 saturated heterocycles. The van der Waals surface area contributed by atoms with Crippen LogP contribution in [-0.4, -0.2) is 38.7 Å². The zero-order valence-electron chi connectivity index (χ0n) is 14.9. The third-order valence-electron chi connectivity index (χ3n) is 4.12. The summed E-state index contributed by atoms with van der Waals surface area (Å²) < 4.78 is 1.73. The minimum absolute atomic E-state index is 0.0854. The number of rotatable bonds is 7. The Labute approximate surface area is 158 Å². The molecule has 26 heavy (non-hydrogen) atoms. The molecule has 6 heteroatoms. The number of nitrogens with zero attached hydrogens (tertiary/aromatic N) is 4. The van der Waals surface area contributed by atoms with Gasteiger partial charge in [0, 0.05) is 13.1 Å². The molecule has 0 spiro atoms. The van der Waals surface area contributed by atoms with E-state index in [0.29, 0.717) is 18.2 Å². The van der Waals surface area contributed by atoms with Gasteiger partial charge in [-0.05, 0) is 31.5 Å². The van der Waals surface area contributed by atoms with E-state index in [1.807, 2.05) is 79.4 Å². The van der Waals surface area contributed by atoms with Crippen LogP contribution in [-0.2, 0) is 4.79 Å². The molecule has 1 heterocycles. The predicted octanol–water partition coefficient (Wildman–Crippen LogP) is 3.97. The number of benzene rings is 2. The Morgan fingerprint density at radius 3 is 2.27 bits per heavy atom. The van der Waals surface area contributed by atoms with Gasteiger partial charge in [0.25, 0.3) is 0 Å². The molecule has 0 saturated carbocycles. The van der Waals surface area contributed by atoms with Crippen LogP contribution in [0.1, 0.15) is 24.7 Å². The molecule has 1 amide bonds. The van der Waals surface area contributed by atoms with Gasteiger partial charge in [-0.25, -0.2) is 9.67 Å². The minimum atomic E-state index is -0.359. The molecule has 5 nitrogen and oxygen atoms in total. The van der Waals surface area contributed by atoms with E-state index in [4.69, 9.17) is 0 Å². The molecule has 0 bridgehead atoms. The van der Waals surface area contributed by atoms with Crippen LogP contribution in [0.25, 0.3) is 5.69 Å². The number of aromatic nitrogens is 3. The van der Waals surface area contributed by atoms with E-state index in [1.54, 1.807) is 11.0 Å². The van der Waals surface area contributed by atoms with E-state index in [2.05, 4.69) is 10.1 Å². The standard InChI is InChI=1S/C20H22N4OS/c1-3-23(4-2)19(25)18(16-11-7-5-8-12-16)26-20-21-15-24(22-20)17-13-9-6-10-14-17/h5-15,18H,3-4H2,1-2H3. The van der Waals surface area contributed by atoms with Crippen molar-refractivity contribution in [2.75, 3.05) is 13.1 Å². The number of thioether (sulfide) groups is 1. The van der Waals surface area contributed by atoms with Crippen LogP contribution in [0.5, 0.6) is 0 Å². The molecule has 1 atom stereocenters. The van der Waals surface area contributed by atoms with E-state index in [0.717, 1.165) is 11.3 Å². The summed E-state index contributed by atoms with van der Waals surface area (Å²) in [6.07, 6.45) is 1.68. The number of carbonyl (C=O) groups is 1. The molecule has 1 aromatic heterocycles. The van der Waals surface area contributed by atoms with Crippen LogP contribution < -0.4 is 0 Å². The normalized spacial score (nSPS) is 11.9. The SMILES string of the molecule is CCN(CC)C(=O)C(Sc1ncn(-c2ccccc2)n1)c1ccccc1. The van der Waals surface area contributed by atoms with Crippen molar-refractivity contribution in [2.24, 2.45) is 0 Å². The first-order valence-corrected chi connectivity index (χ1v) is 9.58. The van der Waals surface area contributed by atoms with Crippen molar-refractivity contribution in [1.82, 2.24) is 19.7 Å². The van der Waals surface area contributed by atoms with Crippen LogP contribution in [0.15, 0.2) is 72.1 Å². The van der Waals surface area contributed by atoms with E-state index in [9.17, 15) is 4.79 Å². The first-order chi connectivity index (χ1) is 12.7. The number of likely N-dealkylation sites (N-methyl/N-ethyl adjacent to an activating group) is 1. The molecule has 1 unspecified atom stereocenters. The summed E-state index contributed by atoms with van der Waals surface area (Å²) in [7, 11) is 0. The van der Waals surface area contributed by atoms with Crippen LogP contribution in [0, 0.1) is 0 Å². The fourth-order valence-electron chi connectivity index (χ4n) is 2.70. The molecule has 0 aliphatic heterocycles. The number of para-hydroxylation sites is 1. The van der Waals surface area contributed by atoms with Crippen LogP contribution >= 0.6 is 11.8 Å². The first kappa shape index (κ1) is 18.2. The van der Waals surface area contributed by atoms with Crippen molar-refractivity contribution in [3.8, 4) is 5.69 Å². The second-order valence-electron chi connectivity index (χ2n) is 5.73. The zero-order chi connectivity index (χ0) is 18.4. The van der Waals surface area contributed by atoms with Crippen LogP contribution in [0.3, 0.4) is 0 Å². The van der Waals surface area contributed by atoms with Crippen molar-refractivity contribution < 1.29 is 4.79 Å². The van der Waals surface area contributed by atoms with E-state index >= 15 is 0 Å². The molecule has 0 radical (unpaired) electrons. The third kappa shape index (κ3) is 4.14. The van der Waals surface area contributed by atoms with Gasteiger partial charge in [-0.3, -0.25) is 4.79 Å². The zero-order valence-corrected chi connectivity index (χ0v) is 15.8. The molecule has 0 N–H and O–H groups in total. The van der Waals surface area contributed by atoms with Gasteiger partial charge in [0.15, 0.2) is 0 Å². The third-order valence-corrected chi connectivity index (χ3v) is 5.22. The number of carbonyl (C=O) groups excluding carboxylic acids is 1. The van der Waals surface area contributed by atoms with Gasteiger partial charge >= 0.3 is 0 Å². The Kier molecular flexibility index (Phi) is 6.07. The highest BCUT2D eigenvalue weighted by Gasteiger charge is 2.27. The minimum Gasteiger partial charge on any atom is -0.342 e.